The second-order valence-corrected chi connectivity index (χ2v) is 7.19. The number of nitrogens with zero attached hydrogens (tertiary/aromatic N) is 4. The lowest BCUT2D eigenvalue weighted by molar-refractivity contribution is -0.147. The van der Waals surface area contributed by atoms with Crippen LogP contribution in [0, 0.1) is 11.3 Å². The van der Waals surface area contributed by atoms with E-state index < -0.39 is 41.5 Å². The summed E-state index contributed by atoms with van der Waals surface area (Å²) in [6.07, 6.45) is -9.78. The van der Waals surface area contributed by atoms with Crippen molar-refractivity contribution in [3.63, 3.8) is 0 Å². The zero-order chi connectivity index (χ0) is 20.5. The molecule has 0 spiro atoms. The van der Waals surface area contributed by atoms with E-state index in [0.717, 1.165) is 17.8 Å². The Balaban J connectivity index is 2.45. The SMILES string of the molecule is CCSC(=Nc1ccc(C#N)c(C(F)(F)F)c1)C1(C)CC(C(F)(F)F)N=N1. The van der Waals surface area contributed by atoms with E-state index in [1.807, 2.05) is 0 Å². The van der Waals surface area contributed by atoms with Crippen LogP contribution in [-0.2, 0) is 6.18 Å². The summed E-state index contributed by atoms with van der Waals surface area (Å²) in [6.45, 7) is 3.15. The predicted octanol–water partition coefficient (Wildman–Crippen LogP) is 5.91. The average Bonchev–Trinajstić information content (AvgIpc) is 2.97. The van der Waals surface area contributed by atoms with Crippen LogP contribution in [-0.4, -0.2) is 28.6 Å². The Morgan fingerprint density at radius 3 is 2.48 bits per heavy atom. The molecule has 1 aromatic carbocycles. The standard InChI is InChI=1S/C16H14F6N4S/c1-3-27-13(14(2)7-12(25-26-14)16(20,21)22)24-10-5-4-9(8-23)11(6-10)15(17,18)19/h4-6,12H,3,7H2,1-2H3. The summed E-state index contributed by atoms with van der Waals surface area (Å²) in [5, 5.41) is 16.0. The minimum Gasteiger partial charge on any atom is -0.244 e. The van der Waals surface area contributed by atoms with Crippen molar-refractivity contribution in [3.8, 4) is 6.07 Å². The molecule has 27 heavy (non-hydrogen) atoms. The normalized spacial score (nSPS) is 23.5. The van der Waals surface area contributed by atoms with Crippen LogP contribution in [0.5, 0.6) is 0 Å². The highest BCUT2D eigenvalue weighted by atomic mass is 32.2. The highest BCUT2D eigenvalue weighted by Crippen LogP contribution is 2.41. The van der Waals surface area contributed by atoms with Crippen LogP contribution >= 0.6 is 11.8 Å². The lowest BCUT2D eigenvalue weighted by atomic mass is 9.96. The van der Waals surface area contributed by atoms with E-state index in [4.69, 9.17) is 5.26 Å². The number of thioether (sulfide) groups is 1. The molecule has 0 aliphatic carbocycles. The highest BCUT2D eigenvalue weighted by Gasteiger charge is 2.50. The van der Waals surface area contributed by atoms with Crippen LogP contribution < -0.4 is 0 Å². The van der Waals surface area contributed by atoms with Crippen LogP contribution in [0.25, 0.3) is 0 Å². The summed E-state index contributed by atoms with van der Waals surface area (Å²) in [6, 6.07) is 2.37. The van der Waals surface area contributed by atoms with E-state index in [1.165, 1.54) is 19.1 Å². The monoisotopic (exact) mass is 408 g/mol. The molecule has 0 fully saturated rings. The molecule has 1 heterocycles. The molecule has 146 valence electrons. The molecule has 0 N–H and O–H groups in total. The first-order chi connectivity index (χ1) is 12.4. The Labute approximate surface area is 155 Å². The van der Waals surface area contributed by atoms with Gasteiger partial charge in [-0.05, 0) is 30.9 Å². The Kier molecular flexibility index (Phi) is 5.89. The molecule has 0 saturated carbocycles. The number of benzene rings is 1. The van der Waals surface area contributed by atoms with Crippen molar-refractivity contribution in [2.45, 2.75) is 44.2 Å². The van der Waals surface area contributed by atoms with E-state index in [0.29, 0.717) is 11.8 Å². The average molecular weight is 408 g/mol. The van der Waals surface area contributed by atoms with Crippen LogP contribution in [0.3, 0.4) is 0 Å². The van der Waals surface area contributed by atoms with Crippen molar-refractivity contribution >= 4 is 22.5 Å². The number of nitriles is 1. The number of aliphatic imine (C=N–C) groups is 1. The first-order valence-electron chi connectivity index (χ1n) is 7.72. The fourth-order valence-electron chi connectivity index (χ4n) is 2.46. The third-order valence-electron chi connectivity index (χ3n) is 3.79. The molecular formula is C16H14F6N4S. The molecule has 1 aliphatic heterocycles. The van der Waals surface area contributed by atoms with Gasteiger partial charge in [0.15, 0.2) is 6.04 Å². The Morgan fingerprint density at radius 2 is 2.00 bits per heavy atom. The van der Waals surface area contributed by atoms with E-state index in [-0.39, 0.29) is 10.7 Å². The maximum absolute atomic E-state index is 13.1. The third-order valence-corrected chi connectivity index (χ3v) is 4.88. The molecule has 1 aliphatic rings. The van der Waals surface area contributed by atoms with Gasteiger partial charge >= 0.3 is 12.4 Å². The Morgan fingerprint density at radius 1 is 1.33 bits per heavy atom. The summed E-state index contributed by atoms with van der Waals surface area (Å²) in [5.74, 6) is 0.434. The quantitative estimate of drug-likeness (QED) is 0.355. The van der Waals surface area contributed by atoms with Crippen molar-refractivity contribution in [1.82, 2.24) is 0 Å². The summed E-state index contributed by atoms with van der Waals surface area (Å²) in [4.78, 5) is 4.12. The van der Waals surface area contributed by atoms with Gasteiger partial charge in [-0.25, -0.2) is 4.99 Å². The summed E-state index contributed by atoms with van der Waals surface area (Å²) in [7, 11) is 0. The second-order valence-electron chi connectivity index (χ2n) is 5.94. The second kappa shape index (κ2) is 7.50. The summed E-state index contributed by atoms with van der Waals surface area (Å²) in [5.41, 5.74) is -3.22. The topological polar surface area (TPSA) is 60.9 Å². The van der Waals surface area contributed by atoms with Gasteiger partial charge in [-0.15, -0.1) is 11.8 Å². The minimum atomic E-state index is -4.76. The Bertz CT molecular complexity index is 809. The molecule has 11 heteroatoms. The van der Waals surface area contributed by atoms with Crippen molar-refractivity contribution in [3.05, 3.63) is 29.3 Å². The molecule has 0 saturated heterocycles. The molecule has 0 amide bonds. The lowest BCUT2D eigenvalue weighted by Crippen LogP contribution is -2.35. The van der Waals surface area contributed by atoms with Crippen LogP contribution in [0.2, 0.25) is 0 Å². The molecule has 0 radical (unpaired) electrons. The van der Waals surface area contributed by atoms with Gasteiger partial charge in [0.2, 0.25) is 0 Å². The first-order valence-corrected chi connectivity index (χ1v) is 8.71. The van der Waals surface area contributed by atoms with Crippen LogP contribution in [0.15, 0.2) is 33.4 Å². The van der Waals surface area contributed by atoms with Crippen molar-refractivity contribution in [2.24, 2.45) is 15.2 Å². The molecular weight excluding hydrogens is 394 g/mol. The Hall–Kier alpha value is -2.09. The van der Waals surface area contributed by atoms with Gasteiger partial charge in [-0.3, -0.25) is 0 Å². The van der Waals surface area contributed by atoms with Crippen molar-refractivity contribution < 1.29 is 26.3 Å². The van der Waals surface area contributed by atoms with Crippen molar-refractivity contribution in [1.29, 1.82) is 5.26 Å². The zero-order valence-corrected chi connectivity index (χ0v) is 15.0. The molecule has 2 atom stereocenters. The number of hydrogen-bond acceptors (Lipinski definition) is 5. The smallest absolute Gasteiger partial charge is 0.244 e. The van der Waals surface area contributed by atoms with Gasteiger partial charge < -0.3 is 0 Å². The minimum absolute atomic E-state index is 0.121. The number of rotatable bonds is 3. The molecule has 2 rings (SSSR count). The van der Waals surface area contributed by atoms with Gasteiger partial charge in [0.05, 0.1) is 22.9 Å². The van der Waals surface area contributed by atoms with E-state index in [9.17, 15) is 26.3 Å². The zero-order valence-electron chi connectivity index (χ0n) is 14.2. The maximum Gasteiger partial charge on any atom is 0.417 e. The molecule has 1 aromatic rings. The summed E-state index contributed by atoms with van der Waals surface area (Å²) >= 11 is 1.09. The van der Waals surface area contributed by atoms with E-state index in [1.54, 1.807) is 6.92 Å². The number of hydrogen-bond donors (Lipinski definition) is 0. The predicted molar refractivity (Wildman–Crippen MR) is 89.1 cm³/mol. The van der Waals surface area contributed by atoms with E-state index >= 15 is 0 Å². The van der Waals surface area contributed by atoms with Gasteiger partial charge in [-0.2, -0.15) is 41.8 Å². The molecule has 0 bridgehead atoms. The lowest BCUT2D eigenvalue weighted by Gasteiger charge is -2.22. The van der Waals surface area contributed by atoms with Gasteiger partial charge in [0.1, 0.15) is 10.6 Å². The van der Waals surface area contributed by atoms with Gasteiger partial charge in [0, 0.05) is 6.42 Å². The van der Waals surface area contributed by atoms with Crippen LogP contribution in [0.1, 0.15) is 31.4 Å². The maximum atomic E-state index is 13.1. The first kappa shape index (κ1) is 21.2. The van der Waals surface area contributed by atoms with E-state index in [2.05, 4.69) is 15.2 Å². The molecule has 0 aromatic heterocycles. The fraction of sp³-hybridized carbons (Fsp3) is 0.500. The van der Waals surface area contributed by atoms with Gasteiger partial charge in [0.25, 0.3) is 0 Å². The number of azo groups is 1. The fourth-order valence-corrected chi connectivity index (χ4v) is 3.34. The van der Waals surface area contributed by atoms with Gasteiger partial charge in [-0.1, -0.05) is 6.92 Å². The van der Waals surface area contributed by atoms with Crippen molar-refractivity contribution in [2.75, 3.05) is 5.75 Å². The summed E-state index contributed by atoms with van der Waals surface area (Å²) < 4.78 is 78.0. The molecule has 4 nitrogen and oxygen atoms in total. The highest BCUT2D eigenvalue weighted by molar-refractivity contribution is 8.14. The number of halogens is 6. The number of alkyl halides is 6. The van der Waals surface area contributed by atoms with Crippen LogP contribution in [0.4, 0.5) is 32.0 Å². The third kappa shape index (κ3) is 4.80. The largest absolute Gasteiger partial charge is 0.417 e. The molecule has 2 unspecified atom stereocenters.